The number of nitrogens with one attached hydrogen (secondary N) is 1. The van der Waals surface area contributed by atoms with E-state index in [4.69, 9.17) is 0 Å². The number of ether oxygens (including phenoxy) is 1. The van der Waals surface area contributed by atoms with Crippen LogP contribution in [0.2, 0.25) is 0 Å². The fraction of sp³-hybridized carbons (Fsp3) is 0.188. The Morgan fingerprint density at radius 3 is 2.85 bits per heavy atom. The number of carbonyl (C=O) groups excluding carboxylic acids is 2. The second-order valence-corrected chi connectivity index (χ2v) is 6.04. The molecule has 0 atom stereocenters. The van der Waals surface area contributed by atoms with Gasteiger partial charge in [-0.2, -0.15) is 0 Å². The molecule has 1 N–H and O–H groups in total. The summed E-state index contributed by atoms with van der Waals surface area (Å²) in [5.41, 5.74) is 0.110. The van der Waals surface area contributed by atoms with Crippen molar-refractivity contribution in [2.75, 3.05) is 18.2 Å². The van der Waals surface area contributed by atoms with Gasteiger partial charge in [-0.3, -0.25) is 19.0 Å². The first-order chi connectivity index (χ1) is 12.6. The lowest BCUT2D eigenvalue weighted by molar-refractivity contribution is -0.141. The third-order valence-electron chi connectivity index (χ3n) is 3.38. The van der Waals surface area contributed by atoms with Gasteiger partial charge < -0.3 is 14.6 Å². The largest absolute Gasteiger partial charge is 0.468 e. The van der Waals surface area contributed by atoms with Gasteiger partial charge >= 0.3 is 5.97 Å². The van der Waals surface area contributed by atoms with Crippen LogP contribution in [0.25, 0.3) is 10.9 Å². The van der Waals surface area contributed by atoms with Gasteiger partial charge in [-0.05, 0) is 12.1 Å². The number of methoxy groups -OCH3 is 1. The van der Waals surface area contributed by atoms with Crippen LogP contribution in [0, 0.1) is 0 Å². The van der Waals surface area contributed by atoms with E-state index in [1.165, 1.54) is 24.0 Å². The quantitative estimate of drug-likeness (QED) is 0.390. The summed E-state index contributed by atoms with van der Waals surface area (Å²) in [6.07, 6.45) is 1.33. The Morgan fingerprint density at radius 1 is 1.31 bits per heavy atom. The molecule has 0 saturated heterocycles. The predicted octanol–water partition coefficient (Wildman–Crippen LogP) is 1.29. The second kappa shape index (κ2) is 7.83. The summed E-state index contributed by atoms with van der Waals surface area (Å²) >= 11 is 1.03. The maximum Gasteiger partial charge on any atom is 0.325 e. The van der Waals surface area contributed by atoms with Crippen LogP contribution in [0.1, 0.15) is 0 Å². The third-order valence-corrected chi connectivity index (χ3v) is 4.36. The van der Waals surface area contributed by atoms with Gasteiger partial charge in [-0.15, -0.1) is 0 Å². The molecule has 1 amide bonds. The molecule has 0 aliphatic heterocycles. The summed E-state index contributed by atoms with van der Waals surface area (Å²) in [5.74, 6) is -0.679. The highest BCUT2D eigenvalue weighted by Crippen LogP contribution is 2.18. The molecule has 0 bridgehead atoms. The number of hydrogen-bond donors (Lipinski definition) is 1. The van der Waals surface area contributed by atoms with Crippen LogP contribution >= 0.6 is 11.8 Å². The smallest absolute Gasteiger partial charge is 0.325 e. The third kappa shape index (κ3) is 3.91. The molecule has 0 saturated carbocycles. The van der Waals surface area contributed by atoms with Crippen molar-refractivity contribution in [3.8, 4) is 0 Å². The predicted molar refractivity (Wildman–Crippen MR) is 93.9 cm³/mol. The number of carbonyl (C=O) groups is 2. The van der Waals surface area contributed by atoms with Crippen molar-refractivity contribution in [3.63, 3.8) is 0 Å². The molecule has 26 heavy (non-hydrogen) atoms. The first-order valence-electron chi connectivity index (χ1n) is 7.48. The molecule has 0 unspecified atom stereocenters. The number of rotatable bonds is 6. The molecule has 0 aliphatic rings. The lowest BCUT2D eigenvalue weighted by atomic mass is 10.2. The van der Waals surface area contributed by atoms with Gasteiger partial charge in [-0.1, -0.05) is 29.1 Å². The molecule has 0 radical (unpaired) electrons. The molecular formula is C16H14N4O5S. The van der Waals surface area contributed by atoms with Gasteiger partial charge in [0.05, 0.1) is 23.8 Å². The standard InChI is InChI=1S/C16H14N4O5S/c1-24-14(22)8-20-15(23)10-4-2-3-5-11(10)17-16(20)26-9-13(21)18-12-6-7-25-19-12/h2-7H,8-9H2,1H3,(H,18,19,21). The monoisotopic (exact) mass is 374 g/mol. The highest BCUT2D eigenvalue weighted by atomic mass is 32.2. The van der Waals surface area contributed by atoms with E-state index in [9.17, 15) is 14.4 Å². The Bertz CT molecular complexity index is 1000. The van der Waals surface area contributed by atoms with Crippen molar-refractivity contribution in [3.05, 3.63) is 46.9 Å². The van der Waals surface area contributed by atoms with Crippen LogP contribution in [-0.4, -0.2) is 39.4 Å². The zero-order chi connectivity index (χ0) is 18.5. The van der Waals surface area contributed by atoms with Gasteiger partial charge in [0.25, 0.3) is 5.56 Å². The normalized spacial score (nSPS) is 10.7. The Balaban J connectivity index is 1.87. The molecule has 9 nitrogen and oxygen atoms in total. The maximum absolute atomic E-state index is 12.7. The molecule has 3 aromatic rings. The summed E-state index contributed by atoms with van der Waals surface area (Å²) < 4.78 is 10.5. The number of anilines is 1. The van der Waals surface area contributed by atoms with Crippen molar-refractivity contribution in [1.29, 1.82) is 0 Å². The number of amides is 1. The van der Waals surface area contributed by atoms with Crippen molar-refractivity contribution >= 4 is 40.4 Å². The molecule has 134 valence electrons. The first kappa shape index (κ1) is 17.7. The van der Waals surface area contributed by atoms with Crippen molar-refractivity contribution < 1.29 is 18.8 Å². The van der Waals surface area contributed by atoms with E-state index in [2.05, 4.69) is 24.7 Å². The fourth-order valence-electron chi connectivity index (χ4n) is 2.18. The Morgan fingerprint density at radius 2 is 2.12 bits per heavy atom. The van der Waals surface area contributed by atoms with Crippen LogP contribution < -0.4 is 10.9 Å². The summed E-state index contributed by atoms with van der Waals surface area (Å²) in [4.78, 5) is 40.7. The van der Waals surface area contributed by atoms with Crippen LogP contribution in [0.3, 0.4) is 0 Å². The first-order valence-corrected chi connectivity index (χ1v) is 8.46. The minimum Gasteiger partial charge on any atom is -0.468 e. The number of fused-ring (bicyclic) bond motifs is 1. The summed E-state index contributed by atoms with van der Waals surface area (Å²) in [7, 11) is 1.24. The van der Waals surface area contributed by atoms with E-state index in [-0.39, 0.29) is 34.7 Å². The SMILES string of the molecule is COC(=O)Cn1c(SCC(=O)Nc2ccon2)nc2ccccc2c1=O. The van der Waals surface area contributed by atoms with E-state index < -0.39 is 5.97 Å². The molecule has 10 heteroatoms. The number of para-hydroxylation sites is 1. The Kier molecular flexibility index (Phi) is 5.32. The average molecular weight is 374 g/mol. The maximum atomic E-state index is 12.7. The lowest BCUT2D eigenvalue weighted by Crippen LogP contribution is -2.28. The van der Waals surface area contributed by atoms with Gasteiger partial charge in [0.1, 0.15) is 12.8 Å². The minimum atomic E-state index is -0.585. The van der Waals surface area contributed by atoms with E-state index in [0.717, 1.165) is 11.8 Å². The topological polar surface area (TPSA) is 116 Å². The average Bonchev–Trinajstić information content (AvgIpc) is 3.15. The summed E-state index contributed by atoms with van der Waals surface area (Å²) in [5, 5.41) is 6.76. The van der Waals surface area contributed by atoms with Gasteiger partial charge in [-0.25, -0.2) is 4.98 Å². The van der Waals surface area contributed by atoms with Gasteiger partial charge in [0.15, 0.2) is 11.0 Å². The summed E-state index contributed by atoms with van der Waals surface area (Å²) in [6, 6.07) is 8.30. The Hall–Kier alpha value is -3.14. The van der Waals surface area contributed by atoms with Crippen LogP contribution in [0.5, 0.6) is 0 Å². The van der Waals surface area contributed by atoms with Crippen LogP contribution in [0.4, 0.5) is 5.82 Å². The van der Waals surface area contributed by atoms with E-state index in [1.807, 2.05) is 0 Å². The highest BCUT2D eigenvalue weighted by Gasteiger charge is 2.16. The molecular weight excluding hydrogens is 360 g/mol. The minimum absolute atomic E-state index is 0.0290. The van der Waals surface area contributed by atoms with Crippen molar-refractivity contribution in [2.45, 2.75) is 11.7 Å². The zero-order valence-corrected chi connectivity index (χ0v) is 14.5. The molecule has 3 rings (SSSR count). The van der Waals surface area contributed by atoms with Crippen molar-refractivity contribution in [2.24, 2.45) is 0 Å². The molecule has 1 aromatic carbocycles. The van der Waals surface area contributed by atoms with Crippen LogP contribution in [0.15, 0.2) is 51.1 Å². The van der Waals surface area contributed by atoms with E-state index in [1.54, 1.807) is 24.3 Å². The lowest BCUT2D eigenvalue weighted by Gasteiger charge is -2.11. The molecule has 0 spiro atoms. The van der Waals surface area contributed by atoms with Crippen molar-refractivity contribution in [1.82, 2.24) is 14.7 Å². The summed E-state index contributed by atoms with van der Waals surface area (Å²) in [6.45, 7) is -0.291. The van der Waals surface area contributed by atoms with E-state index >= 15 is 0 Å². The fourth-order valence-corrected chi connectivity index (χ4v) is 2.98. The number of nitrogens with zero attached hydrogens (tertiary/aromatic N) is 3. The van der Waals surface area contributed by atoms with Gasteiger partial charge in [0, 0.05) is 6.07 Å². The van der Waals surface area contributed by atoms with Crippen LogP contribution in [-0.2, 0) is 20.9 Å². The number of esters is 1. The Labute approximate surface area is 151 Å². The van der Waals surface area contributed by atoms with E-state index in [0.29, 0.717) is 10.9 Å². The molecule has 0 aliphatic carbocycles. The van der Waals surface area contributed by atoms with Gasteiger partial charge in [0.2, 0.25) is 5.91 Å². The number of thioether (sulfide) groups is 1. The second-order valence-electron chi connectivity index (χ2n) is 5.10. The number of aromatic nitrogens is 3. The number of hydrogen-bond acceptors (Lipinski definition) is 8. The highest BCUT2D eigenvalue weighted by molar-refractivity contribution is 7.99. The molecule has 2 heterocycles. The molecule has 0 fully saturated rings. The molecule has 2 aromatic heterocycles. The number of benzene rings is 1. The zero-order valence-electron chi connectivity index (χ0n) is 13.7.